The number of fused-ring (bicyclic) bond motifs is 1. The van der Waals surface area contributed by atoms with Gasteiger partial charge in [0, 0.05) is 25.6 Å². The van der Waals surface area contributed by atoms with Crippen molar-refractivity contribution in [3.8, 4) is 16.9 Å². The van der Waals surface area contributed by atoms with Crippen LogP contribution in [0.5, 0.6) is 5.75 Å². The van der Waals surface area contributed by atoms with Crippen LogP contribution in [0.4, 0.5) is 0 Å². The first-order valence-corrected chi connectivity index (χ1v) is 13.9. The van der Waals surface area contributed by atoms with E-state index in [9.17, 15) is 18.3 Å². The molecule has 3 aromatic carbocycles. The molecule has 1 N–H and O–H groups in total. The maximum absolute atomic E-state index is 13.7. The van der Waals surface area contributed by atoms with Gasteiger partial charge in [-0.05, 0) is 35.7 Å². The molecule has 3 atom stereocenters. The molecule has 7 nitrogen and oxygen atoms in total. The zero-order valence-electron chi connectivity index (χ0n) is 21.4. The summed E-state index contributed by atoms with van der Waals surface area (Å²) >= 11 is 0. The number of hydrogen-bond donors (Lipinski definition) is 1. The molecular formula is C29H34N2O5S. The number of aliphatic hydroxyl groups is 1. The normalized spacial score (nSPS) is 20.1. The zero-order chi connectivity index (χ0) is 26.6. The second kappa shape index (κ2) is 11.5. The maximum atomic E-state index is 13.7. The fourth-order valence-electron chi connectivity index (χ4n) is 4.53. The minimum atomic E-state index is -3.93. The number of carbonyl (C=O) groups is 1. The lowest BCUT2D eigenvalue weighted by atomic mass is 10.0. The van der Waals surface area contributed by atoms with Gasteiger partial charge >= 0.3 is 0 Å². The molecular weight excluding hydrogens is 488 g/mol. The summed E-state index contributed by atoms with van der Waals surface area (Å²) in [7, 11) is -2.18. The van der Waals surface area contributed by atoms with E-state index in [1.807, 2.05) is 67.6 Å². The number of benzene rings is 3. The van der Waals surface area contributed by atoms with Crippen molar-refractivity contribution in [3.05, 3.63) is 84.4 Å². The van der Waals surface area contributed by atoms with Crippen LogP contribution in [0.25, 0.3) is 11.1 Å². The van der Waals surface area contributed by atoms with Crippen molar-refractivity contribution in [2.24, 2.45) is 5.92 Å². The van der Waals surface area contributed by atoms with Crippen molar-refractivity contribution >= 4 is 15.9 Å². The fourth-order valence-corrected chi connectivity index (χ4v) is 6.36. The van der Waals surface area contributed by atoms with Crippen LogP contribution in [0.15, 0.2) is 83.8 Å². The van der Waals surface area contributed by atoms with Crippen molar-refractivity contribution < 1.29 is 23.1 Å². The molecule has 37 heavy (non-hydrogen) atoms. The van der Waals surface area contributed by atoms with E-state index in [4.69, 9.17) is 4.74 Å². The van der Waals surface area contributed by atoms with Crippen LogP contribution < -0.4 is 4.74 Å². The Hall–Kier alpha value is -3.20. The highest BCUT2D eigenvalue weighted by molar-refractivity contribution is 7.89. The monoisotopic (exact) mass is 522 g/mol. The van der Waals surface area contributed by atoms with Crippen molar-refractivity contribution in [3.63, 3.8) is 0 Å². The van der Waals surface area contributed by atoms with Crippen LogP contribution in [0, 0.1) is 5.92 Å². The van der Waals surface area contributed by atoms with Gasteiger partial charge in [-0.3, -0.25) is 4.79 Å². The second-order valence-corrected chi connectivity index (χ2v) is 11.6. The summed E-state index contributed by atoms with van der Waals surface area (Å²) in [6, 6.07) is 23.7. The van der Waals surface area contributed by atoms with Crippen LogP contribution >= 0.6 is 0 Å². The molecule has 0 radical (unpaired) electrons. The van der Waals surface area contributed by atoms with Gasteiger partial charge in [0.1, 0.15) is 16.7 Å². The molecule has 196 valence electrons. The zero-order valence-corrected chi connectivity index (χ0v) is 22.3. The number of sulfonamides is 1. The highest BCUT2D eigenvalue weighted by Crippen LogP contribution is 2.36. The number of nitrogens with zero attached hydrogens (tertiary/aromatic N) is 2. The van der Waals surface area contributed by atoms with Gasteiger partial charge < -0.3 is 14.7 Å². The topological polar surface area (TPSA) is 87.2 Å². The van der Waals surface area contributed by atoms with Gasteiger partial charge in [-0.1, -0.05) is 73.7 Å². The third-order valence-electron chi connectivity index (χ3n) is 6.85. The molecule has 1 heterocycles. The molecule has 0 fully saturated rings. The Bertz CT molecular complexity index is 1310. The molecule has 0 unspecified atom stereocenters. The third-order valence-corrected chi connectivity index (χ3v) is 8.87. The number of aliphatic hydroxyl groups excluding tert-OH is 1. The molecule has 4 rings (SSSR count). The Morgan fingerprint density at radius 3 is 2.35 bits per heavy atom. The van der Waals surface area contributed by atoms with Gasteiger partial charge in [0.05, 0.1) is 19.6 Å². The van der Waals surface area contributed by atoms with Gasteiger partial charge in [-0.15, -0.1) is 0 Å². The van der Waals surface area contributed by atoms with Gasteiger partial charge in [-0.2, -0.15) is 4.31 Å². The number of hydrogen-bond acceptors (Lipinski definition) is 5. The highest BCUT2D eigenvalue weighted by Gasteiger charge is 2.38. The van der Waals surface area contributed by atoms with Gasteiger partial charge in [-0.25, -0.2) is 8.42 Å². The van der Waals surface area contributed by atoms with Crippen LogP contribution in [-0.2, 0) is 21.2 Å². The van der Waals surface area contributed by atoms with E-state index in [-0.39, 0.29) is 42.0 Å². The first-order valence-electron chi connectivity index (χ1n) is 12.5. The van der Waals surface area contributed by atoms with Crippen molar-refractivity contribution in [1.82, 2.24) is 9.21 Å². The predicted molar refractivity (Wildman–Crippen MR) is 144 cm³/mol. The average molecular weight is 523 g/mol. The molecule has 0 aliphatic carbocycles. The van der Waals surface area contributed by atoms with E-state index in [1.54, 1.807) is 37.1 Å². The van der Waals surface area contributed by atoms with Crippen molar-refractivity contribution in [2.75, 3.05) is 26.7 Å². The number of likely N-dealkylation sites (N-methyl/N-ethyl adjacent to an activating group) is 1. The summed E-state index contributed by atoms with van der Waals surface area (Å²) in [5, 5.41) is 9.84. The standard InChI is InChI=1S/C29H34N2O5S/c1-21-18-31(22(2)20-32)37(34,35)28-15-14-25(24-12-8-5-9-13-24)17-26(28)36-27(21)19-30(3)29(33)16-23-10-6-4-7-11-23/h4-15,17,21-22,27,32H,16,18-20H2,1-3H3/t21-,22+,27+/m1/s1. The Morgan fingerprint density at radius 1 is 1.05 bits per heavy atom. The summed E-state index contributed by atoms with van der Waals surface area (Å²) < 4.78 is 35.1. The Kier molecular flexibility index (Phi) is 8.32. The van der Waals surface area contributed by atoms with Crippen molar-refractivity contribution in [2.45, 2.75) is 37.3 Å². The van der Waals surface area contributed by atoms with E-state index in [1.165, 1.54) is 4.31 Å². The van der Waals surface area contributed by atoms with Crippen LogP contribution in [0.3, 0.4) is 0 Å². The highest BCUT2D eigenvalue weighted by atomic mass is 32.2. The minimum Gasteiger partial charge on any atom is -0.487 e. The van der Waals surface area contributed by atoms with E-state index >= 15 is 0 Å². The summed E-state index contributed by atoms with van der Waals surface area (Å²) in [5.74, 6) is -0.0447. The summed E-state index contributed by atoms with van der Waals surface area (Å²) in [6.45, 7) is 3.76. The van der Waals surface area contributed by atoms with Crippen molar-refractivity contribution in [1.29, 1.82) is 0 Å². The van der Waals surface area contributed by atoms with Gasteiger partial charge in [0.2, 0.25) is 15.9 Å². The smallest absolute Gasteiger partial charge is 0.247 e. The largest absolute Gasteiger partial charge is 0.487 e. The quantitative estimate of drug-likeness (QED) is 0.510. The minimum absolute atomic E-state index is 0.0458. The molecule has 0 aromatic heterocycles. The molecule has 0 saturated carbocycles. The SMILES string of the molecule is C[C@@H]1CN([C@@H](C)CO)S(=O)(=O)c2ccc(-c3ccccc3)cc2O[C@H]1CN(C)C(=O)Cc1ccccc1. The molecule has 0 spiro atoms. The maximum Gasteiger partial charge on any atom is 0.247 e. The molecule has 0 saturated heterocycles. The molecule has 8 heteroatoms. The Morgan fingerprint density at radius 2 is 1.70 bits per heavy atom. The first-order chi connectivity index (χ1) is 17.7. The molecule has 1 amide bonds. The van der Waals surface area contributed by atoms with Crippen LogP contribution in [0.2, 0.25) is 0 Å². The number of rotatable bonds is 7. The van der Waals surface area contributed by atoms with E-state index < -0.39 is 22.2 Å². The third kappa shape index (κ3) is 6.04. The lowest BCUT2D eigenvalue weighted by Crippen LogP contribution is -2.50. The lowest BCUT2D eigenvalue weighted by molar-refractivity contribution is -0.130. The summed E-state index contributed by atoms with van der Waals surface area (Å²) in [6.07, 6.45) is -0.187. The second-order valence-electron chi connectivity index (χ2n) is 9.70. The Labute approximate surface area is 219 Å². The van der Waals surface area contributed by atoms with E-state index in [0.717, 1.165) is 16.7 Å². The predicted octanol–water partition coefficient (Wildman–Crippen LogP) is 3.82. The molecule has 3 aromatic rings. The molecule has 1 aliphatic heterocycles. The number of ether oxygens (including phenoxy) is 1. The van der Waals surface area contributed by atoms with Gasteiger partial charge in [0.25, 0.3) is 0 Å². The first kappa shape index (κ1) is 26.9. The molecule has 0 bridgehead atoms. The Balaban J connectivity index is 1.69. The van der Waals surface area contributed by atoms with E-state index in [0.29, 0.717) is 6.54 Å². The number of amides is 1. The van der Waals surface area contributed by atoms with Crippen LogP contribution in [-0.4, -0.2) is 67.5 Å². The summed E-state index contributed by atoms with van der Waals surface area (Å²) in [5.41, 5.74) is 2.70. The lowest BCUT2D eigenvalue weighted by Gasteiger charge is -2.37. The number of carbonyl (C=O) groups excluding carboxylic acids is 1. The molecule has 1 aliphatic rings. The summed E-state index contributed by atoms with van der Waals surface area (Å²) in [4.78, 5) is 14.7. The average Bonchev–Trinajstić information content (AvgIpc) is 2.91. The van der Waals surface area contributed by atoms with Crippen LogP contribution in [0.1, 0.15) is 19.4 Å². The van der Waals surface area contributed by atoms with E-state index in [2.05, 4.69) is 0 Å². The fraction of sp³-hybridized carbons (Fsp3) is 0.345. The van der Waals surface area contributed by atoms with Gasteiger partial charge in [0.15, 0.2) is 0 Å².